The van der Waals surface area contributed by atoms with Crippen LogP contribution < -0.4 is 5.73 Å². The summed E-state index contributed by atoms with van der Waals surface area (Å²) in [5, 5.41) is 0. The number of benzene rings is 2. The van der Waals surface area contributed by atoms with Crippen molar-refractivity contribution in [2.45, 2.75) is 51.0 Å². The Labute approximate surface area is 249 Å². The molecule has 2 heterocycles. The highest BCUT2D eigenvalue weighted by atomic mass is 19.4. The average Bonchev–Trinajstić information content (AvgIpc) is 2.95. The Hall–Kier alpha value is -3.84. The van der Waals surface area contributed by atoms with Gasteiger partial charge >= 0.3 is 18.4 Å². The van der Waals surface area contributed by atoms with Crippen LogP contribution in [0.4, 0.5) is 35.5 Å². The summed E-state index contributed by atoms with van der Waals surface area (Å²) in [5.41, 5.74) is 3.19. The Morgan fingerprint density at radius 2 is 1.45 bits per heavy atom. The van der Waals surface area contributed by atoms with Crippen molar-refractivity contribution < 1.29 is 45.1 Å². The Balaban J connectivity index is 1.58. The van der Waals surface area contributed by atoms with Crippen LogP contribution in [0.1, 0.15) is 53.0 Å². The van der Waals surface area contributed by atoms with E-state index >= 15 is 0 Å². The van der Waals surface area contributed by atoms with Crippen LogP contribution in [0.15, 0.2) is 36.4 Å². The molecule has 2 aromatic carbocycles. The second-order valence-corrected chi connectivity index (χ2v) is 11.5. The first kappa shape index (κ1) is 33.1. The van der Waals surface area contributed by atoms with Gasteiger partial charge in [0.15, 0.2) is 0 Å². The first-order chi connectivity index (χ1) is 20.5. The number of aryl methyl sites for hydroxylation is 1. The number of nitrogens with two attached hydrogens (primary N) is 1. The average molecular weight is 631 g/mol. The number of primary amides is 1. The molecule has 0 saturated carbocycles. The number of carbonyl (C=O) groups excluding carboxylic acids is 3. The number of urea groups is 1. The van der Waals surface area contributed by atoms with Crippen molar-refractivity contribution in [3.8, 4) is 0 Å². The number of halogens is 7. The van der Waals surface area contributed by atoms with E-state index in [-0.39, 0.29) is 43.0 Å². The van der Waals surface area contributed by atoms with Gasteiger partial charge in [-0.15, -0.1) is 0 Å². The van der Waals surface area contributed by atoms with Gasteiger partial charge in [-0.3, -0.25) is 9.59 Å². The van der Waals surface area contributed by atoms with Crippen LogP contribution in [0, 0.1) is 24.6 Å². The van der Waals surface area contributed by atoms with Crippen molar-refractivity contribution in [3.63, 3.8) is 0 Å². The number of hydrogen-bond donors (Lipinski definition) is 1. The van der Waals surface area contributed by atoms with Gasteiger partial charge in [0.2, 0.25) is 11.8 Å². The van der Waals surface area contributed by atoms with Gasteiger partial charge in [0, 0.05) is 57.5 Å². The third-order valence-corrected chi connectivity index (χ3v) is 8.47. The lowest BCUT2D eigenvalue weighted by Crippen LogP contribution is -2.51. The summed E-state index contributed by atoms with van der Waals surface area (Å²) in [6, 6.07) is 4.69. The van der Waals surface area contributed by atoms with Crippen molar-refractivity contribution in [3.05, 3.63) is 70.0 Å². The molecule has 240 valence electrons. The predicted octanol–water partition coefficient (Wildman–Crippen LogP) is 5.55. The van der Waals surface area contributed by atoms with Gasteiger partial charge in [-0.25, -0.2) is 9.18 Å². The minimum absolute atomic E-state index is 0.0309. The molecule has 2 atom stereocenters. The molecule has 0 radical (unpaired) electrons. The molecule has 2 N–H and O–H groups in total. The largest absolute Gasteiger partial charge is 0.416 e. The van der Waals surface area contributed by atoms with Crippen LogP contribution >= 0.6 is 0 Å². The lowest BCUT2D eigenvalue weighted by Gasteiger charge is -2.42. The molecule has 0 bridgehead atoms. The van der Waals surface area contributed by atoms with Crippen LogP contribution in [0.3, 0.4) is 0 Å². The van der Waals surface area contributed by atoms with Gasteiger partial charge in [-0.2, -0.15) is 26.3 Å². The SMILES string of the molecule is Cc1cc(F)ccc1C1CN(C(=O)C2CCN(C(N)=O)CC2)CCC1C(=O)N(C)Cc1cc(C(F)(F)F)cc(C(F)(F)F)c1. The van der Waals surface area contributed by atoms with Crippen LogP contribution in [-0.4, -0.2) is 65.8 Å². The summed E-state index contributed by atoms with van der Waals surface area (Å²) in [6.45, 7) is 2.10. The standard InChI is InChI=1S/C30H33F7N4O3/c1-17-11-22(31)3-4-23(17)25-16-41(26(42)19-5-8-40(9-6-19)28(38)44)10-7-24(25)27(43)39(2)15-18-12-20(29(32,33)34)14-21(13-18)30(35,36)37/h3-4,11-14,19,24-25H,5-10,15-16H2,1-2H3,(H2,38,44). The molecule has 4 amide bonds. The number of alkyl halides is 6. The van der Waals surface area contributed by atoms with E-state index in [0.29, 0.717) is 49.2 Å². The molecule has 0 aromatic heterocycles. The van der Waals surface area contributed by atoms with E-state index in [2.05, 4.69) is 0 Å². The fourth-order valence-electron chi connectivity index (χ4n) is 6.17. The fraction of sp³-hybridized carbons (Fsp3) is 0.500. The maximum absolute atomic E-state index is 14.0. The molecule has 2 saturated heterocycles. The Morgan fingerprint density at radius 1 is 0.886 bits per heavy atom. The van der Waals surface area contributed by atoms with Gasteiger partial charge in [-0.05, 0) is 73.2 Å². The third kappa shape index (κ3) is 7.44. The van der Waals surface area contributed by atoms with E-state index in [4.69, 9.17) is 5.73 Å². The van der Waals surface area contributed by atoms with Gasteiger partial charge < -0.3 is 20.4 Å². The second-order valence-electron chi connectivity index (χ2n) is 11.5. The quantitative estimate of drug-likeness (QED) is 0.440. The van der Waals surface area contributed by atoms with Crippen molar-refractivity contribution in [1.29, 1.82) is 0 Å². The molecule has 7 nitrogen and oxygen atoms in total. The summed E-state index contributed by atoms with van der Waals surface area (Å²) >= 11 is 0. The predicted molar refractivity (Wildman–Crippen MR) is 145 cm³/mol. The van der Waals surface area contributed by atoms with E-state index in [9.17, 15) is 45.1 Å². The molecule has 2 aliphatic rings. The van der Waals surface area contributed by atoms with Crippen LogP contribution in [-0.2, 0) is 28.5 Å². The highest BCUT2D eigenvalue weighted by molar-refractivity contribution is 5.82. The first-order valence-corrected chi connectivity index (χ1v) is 14.1. The van der Waals surface area contributed by atoms with Gasteiger partial charge in [-0.1, -0.05) is 6.07 Å². The number of piperidine rings is 2. The van der Waals surface area contributed by atoms with Crippen LogP contribution in [0.2, 0.25) is 0 Å². The lowest BCUT2D eigenvalue weighted by atomic mass is 9.77. The van der Waals surface area contributed by atoms with Gasteiger partial charge in [0.05, 0.1) is 11.1 Å². The summed E-state index contributed by atoms with van der Waals surface area (Å²) in [5.74, 6) is -2.92. The number of likely N-dealkylation sites (tertiary alicyclic amines) is 2. The smallest absolute Gasteiger partial charge is 0.351 e. The molecule has 44 heavy (non-hydrogen) atoms. The van der Waals surface area contributed by atoms with E-state index in [0.717, 1.165) is 4.90 Å². The van der Waals surface area contributed by atoms with Gasteiger partial charge in [0.25, 0.3) is 0 Å². The minimum Gasteiger partial charge on any atom is -0.351 e. The maximum Gasteiger partial charge on any atom is 0.416 e. The van der Waals surface area contributed by atoms with Crippen molar-refractivity contribution in [1.82, 2.24) is 14.7 Å². The molecular weight excluding hydrogens is 597 g/mol. The molecule has 0 spiro atoms. The third-order valence-electron chi connectivity index (χ3n) is 8.47. The fourth-order valence-corrected chi connectivity index (χ4v) is 6.17. The van der Waals surface area contributed by atoms with Crippen molar-refractivity contribution in [2.24, 2.45) is 17.6 Å². The summed E-state index contributed by atoms with van der Waals surface area (Å²) < 4.78 is 94.3. The number of nitrogens with zero attached hydrogens (tertiary/aromatic N) is 3. The highest BCUT2D eigenvalue weighted by Crippen LogP contribution is 2.39. The molecule has 0 aliphatic carbocycles. The van der Waals surface area contributed by atoms with E-state index in [1.807, 2.05) is 0 Å². The number of hydrogen-bond acceptors (Lipinski definition) is 3. The van der Waals surface area contributed by atoms with Gasteiger partial charge in [0.1, 0.15) is 5.82 Å². The molecule has 2 unspecified atom stereocenters. The molecule has 2 fully saturated rings. The Morgan fingerprint density at radius 3 is 1.98 bits per heavy atom. The zero-order valence-corrected chi connectivity index (χ0v) is 24.1. The number of carbonyl (C=O) groups is 3. The van der Waals surface area contributed by atoms with Crippen molar-refractivity contribution >= 4 is 17.8 Å². The zero-order chi connectivity index (χ0) is 32.6. The van der Waals surface area contributed by atoms with E-state index in [1.54, 1.807) is 11.8 Å². The number of rotatable bonds is 5. The number of amides is 4. The Bertz CT molecular complexity index is 1370. The lowest BCUT2D eigenvalue weighted by molar-refractivity contribution is -0.144. The monoisotopic (exact) mass is 630 g/mol. The highest BCUT2D eigenvalue weighted by Gasteiger charge is 2.41. The Kier molecular flexibility index (Phi) is 9.50. The molecule has 4 rings (SSSR count). The molecular formula is C30H33F7N4O3. The van der Waals surface area contributed by atoms with E-state index in [1.165, 1.54) is 30.1 Å². The maximum atomic E-state index is 14.0. The second kappa shape index (κ2) is 12.6. The summed E-state index contributed by atoms with van der Waals surface area (Å²) in [7, 11) is 1.30. The minimum atomic E-state index is -5.03. The molecule has 2 aromatic rings. The first-order valence-electron chi connectivity index (χ1n) is 14.1. The topological polar surface area (TPSA) is 87.0 Å². The summed E-state index contributed by atoms with van der Waals surface area (Å²) in [4.78, 5) is 42.9. The molecule has 14 heteroatoms. The molecule has 2 aliphatic heterocycles. The van der Waals surface area contributed by atoms with Crippen LogP contribution in [0.5, 0.6) is 0 Å². The van der Waals surface area contributed by atoms with Crippen molar-refractivity contribution in [2.75, 3.05) is 33.2 Å². The van der Waals surface area contributed by atoms with E-state index < -0.39 is 59.6 Å². The van der Waals surface area contributed by atoms with Crippen LogP contribution in [0.25, 0.3) is 0 Å². The summed E-state index contributed by atoms with van der Waals surface area (Å²) in [6.07, 6.45) is -9.05. The zero-order valence-electron chi connectivity index (χ0n) is 24.1. The normalized spacial score (nSPS) is 20.0.